The second-order valence-electron chi connectivity index (χ2n) is 14.7. The van der Waals surface area contributed by atoms with E-state index >= 15 is 35.1 Å². The molecule has 0 aliphatic rings. The van der Waals surface area contributed by atoms with Gasteiger partial charge in [-0.1, -0.05) is 60.7 Å². The number of hydrogen-bond donors (Lipinski definition) is 0. The predicted molar refractivity (Wildman–Crippen MR) is 215 cm³/mol. The van der Waals surface area contributed by atoms with Crippen LogP contribution in [-0.2, 0) is 28.0 Å². The maximum atomic E-state index is 15.4. The molecule has 0 aliphatic heterocycles. The Kier molecular flexibility index (Phi) is 15.8. The summed E-state index contributed by atoms with van der Waals surface area (Å²) in [5.74, 6) is -69.9. The summed E-state index contributed by atoms with van der Waals surface area (Å²) in [5.41, 5.74) is -12.1. The van der Waals surface area contributed by atoms with Crippen molar-refractivity contribution in [1.29, 1.82) is 0 Å². The second kappa shape index (κ2) is 21.0. The fourth-order valence-corrected chi connectivity index (χ4v) is 8.82. The van der Waals surface area contributed by atoms with Crippen LogP contribution in [0.4, 0.5) is 92.6 Å². The van der Waals surface area contributed by atoms with E-state index in [1.54, 1.807) is 0 Å². The fraction of sp³-hybridized carbons (Fsp3) is 0.0652. The fourth-order valence-electron chi connectivity index (χ4n) is 7.36. The molecule has 3 nitrogen and oxygen atoms in total. The van der Waals surface area contributed by atoms with Crippen LogP contribution in [0.2, 0.25) is 0 Å². The van der Waals surface area contributed by atoms with Gasteiger partial charge >= 0.3 is 6.16 Å². The van der Waals surface area contributed by atoms with Gasteiger partial charge in [0.15, 0.2) is 74.7 Å². The van der Waals surface area contributed by atoms with Gasteiger partial charge in [0.2, 0.25) is 0 Å². The normalized spacial score (nSPS) is 11.8. The first-order valence-electron chi connectivity index (χ1n) is 19.3. The molecule has 1 unspecified atom stereocenters. The number of benzene rings is 7. The van der Waals surface area contributed by atoms with Crippen LogP contribution >= 0.6 is 0 Å². The molecule has 0 N–H and O–H groups in total. The molecule has 372 valence electrons. The Morgan fingerprint density at radius 3 is 0.944 bits per heavy atom. The molecule has 0 spiro atoms. The van der Waals surface area contributed by atoms with Gasteiger partial charge in [0.1, 0.15) is 77.0 Å². The van der Waals surface area contributed by atoms with Gasteiger partial charge in [-0.2, -0.15) is 0 Å². The van der Waals surface area contributed by atoms with Crippen LogP contribution in [0.25, 0.3) is 0 Å². The topological polar surface area (TPSA) is 35.5 Å². The highest BCUT2D eigenvalue weighted by molar-refractivity contribution is 7.95. The zero-order valence-electron chi connectivity index (χ0n) is 34.8. The molecule has 0 heterocycles. The Morgan fingerprint density at radius 1 is 0.380 bits per heavy atom. The summed E-state index contributed by atoms with van der Waals surface area (Å²) in [7, 11) is 0.0946. The highest BCUT2D eigenvalue weighted by Crippen LogP contribution is 2.31. The van der Waals surface area contributed by atoms with Crippen molar-refractivity contribution in [3.8, 4) is 5.75 Å². The summed E-state index contributed by atoms with van der Waals surface area (Å²) in [5, 5.41) is 0. The monoisotopic (exact) mass is 1040 g/mol. The summed E-state index contributed by atoms with van der Waals surface area (Å²) < 4.78 is 304. The largest absolute Gasteiger partial charge is 0.514 e. The van der Waals surface area contributed by atoms with Gasteiger partial charge in [0.05, 0.1) is 0 Å². The van der Waals surface area contributed by atoms with Gasteiger partial charge in [-0.15, -0.1) is 21.9 Å². The molecule has 0 fully saturated rings. The number of carbonyl (C=O) groups is 1. The first-order chi connectivity index (χ1) is 33.4. The highest BCUT2D eigenvalue weighted by atomic mass is 32.2. The lowest BCUT2D eigenvalue weighted by molar-refractivity contribution is 0.0927. The molecule has 71 heavy (non-hydrogen) atoms. The van der Waals surface area contributed by atoms with Crippen molar-refractivity contribution in [1.82, 2.24) is 0 Å². The van der Waals surface area contributed by atoms with Crippen LogP contribution in [0.5, 0.6) is 5.75 Å². The lowest BCUT2D eigenvalue weighted by atomic mass is 9.12. The quantitative estimate of drug-likeness (QED) is 0.0260. The van der Waals surface area contributed by atoms with Crippen molar-refractivity contribution < 1.29 is 102 Å². The summed E-state index contributed by atoms with van der Waals surface area (Å²) in [6.07, 6.45) is -5.69. The van der Waals surface area contributed by atoms with E-state index in [0.717, 1.165) is 11.3 Å². The Balaban J connectivity index is 0.000000268. The maximum Gasteiger partial charge on any atom is 0.514 e. The molecule has 0 saturated heterocycles. The van der Waals surface area contributed by atoms with Crippen molar-refractivity contribution in [2.24, 2.45) is 0 Å². The van der Waals surface area contributed by atoms with Crippen LogP contribution in [0.15, 0.2) is 89.8 Å². The minimum atomic E-state index is -7.22. The molecule has 7 aromatic carbocycles. The minimum absolute atomic E-state index is 0.0946. The summed E-state index contributed by atoms with van der Waals surface area (Å²) >= 11 is 0. The van der Waals surface area contributed by atoms with E-state index < -0.39 is 150 Å². The number of rotatable bonds is 10. The first kappa shape index (κ1) is 53.2. The standard InChI is InChI=1S/C24BF20.C22H21O3S/c26-5-1(6(27)14(35)21(42)13(5)34)25(2-7(28)15(36)22(43)16(37)8(2)29,3-9(30)17(38)23(44)18(39)10(3)31)4-11(32)19(40)24(45)20(41)12(4)33;1-26(17-19-10-6-3-7-11-19)21-14-12-20(13-15-21)25-22(23)24-16-18-8-4-2-5-9-18/h;2-15H,16-17H2,1H3/q-1;+1. The summed E-state index contributed by atoms with van der Waals surface area (Å²) in [6, 6.07) is 27.6. The molecule has 0 saturated carbocycles. The lowest BCUT2D eigenvalue weighted by Gasteiger charge is -2.44. The zero-order chi connectivity index (χ0) is 52.5. The molecule has 0 amide bonds. The van der Waals surface area contributed by atoms with E-state index in [2.05, 4.69) is 30.5 Å². The van der Waals surface area contributed by atoms with Crippen LogP contribution < -0.4 is 26.6 Å². The highest BCUT2D eigenvalue weighted by Gasteiger charge is 2.52. The number of halogens is 20. The molecule has 7 rings (SSSR count). The maximum absolute atomic E-state index is 15.4. The average Bonchev–Trinajstić information content (AvgIpc) is 3.36. The van der Waals surface area contributed by atoms with E-state index in [-0.39, 0.29) is 17.5 Å². The first-order valence-corrected chi connectivity index (χ1v) is 21.1. The Labute approximate surface area is 388 Å². The third kappa shape index (κ3) is 9.57. The van der Waals surface area contributed by atoms with Crippen LogP contribution in [0.3, 0.4) is 0 Å². The Bertz CT molecular complexity index is 2800. The Hall–Kier alpha value is -7.18. The molecule has 0 aromatic heterocycles. The number of carbonyl (C=O) groups excluding carboxylic acids is 1. The third-order valence-electron chi connectivity index (χ3n) is 10.6. The summed E-state index contributed by atoms with van der Waals surface area (Å²) in [4.78, 5) is 13.0. The van der Waals surface area contributed by atoms with Gasteiger partial charge in [0, 0.05) is 16.5 Å². The van der Waals surface area contributed by atoms with E-state index in [1.807, 2.05) is 60.7 Å². The van der Waals surface area contributed by atoms with Gasteiger partial charge in [-0.3, -0.25) is 0 Å². The molecular weight excluding hydrogens is 1020 g/mol. The van der Waals surface area contributed by atoms with E-state index in [0.29, 0.717) is 5.75 Å². The molecule has 0 radical (unpaired) electrons. The SMILES string of the molecule is C[S+](Cc1ccccc1)c1ccc(OC(=O)OCc2ccccc2)cc1.Fc1c(F)c(F)c([B-](c2c(F)c(F)c(F)c(F)c2F)(c2c(F)c(F)c(F)c(F)c2F)c2c(F)c(F)c(F)c(F)c2F)c(F)c1F. The molecule has 0 aliphatic carbocycles. The number of ether oxygens (including phenoxy) is 2. The number of hydrogen-bond acceptors (Lipinski definition) is 3. The van der Waals surface area contributed by atoms with Gasteiger partial charge < -0.3 is 9.47 Å². The second-order valence-corrected chi connectivity index (χ2v) is 16.7. The van der Waals surface area contributed by atoms with Gasteiger partial charge in [-0.05, 0) is 29.8 Å². The van der Waals surface area contributed by atoms with E-state index in [4.69, 9.17) is 9.47 Å². The zero-order valence-corrected chi connectivity index (χ0v) is 35.6. The van der Waals surface area contributed by atoms with Crippen molar-refractivity contribution in [2.45, 2.75) is 17.3 Å². The molecule has 25 heteroatoms. The van der Waals surface area contributed by atoms with E-state index in [9.17, 15) is 57.5 Å². The van der Waals surface area contributed by atoms with Crippen molar-refractivity contribution >= 4 is 45.0 Å². The minimum Gasteiger partial charge on any atom is -0.429 e. The lowest BCUT2D eigenvalue weighted by Crippen LogP contribution is -2.81. The molecular formula is C46H21BF20O3S. The molecule has 1 atom stereocenters. The van der Waals surface area contributed by atoms with Crippen molar-refractivity contribution in [3.05, 3.63) is 212 Å². The third-order valence-corrected chi connectivity index (χ3v) is 12.4. The van der Waals surface area contributed by atoms with Crippen LogP contribution in [0, 0.1) is 116 Å². The smallest absolute Gasteiger partial charge is 0.429 e. The van der Waals surface area contributed by atoms with Crippen molar-refractivity contribution in [2.75, 3.05) is 6.26 Å². The van der Waals surface area contributed by atoms with Gasteiger partial charge in [0.25, 0.3) is 0 Å². The van der Waals surface area contributed by atoms with Crippen molar-refractivity contribution in [3.63, 3.8) is 0 Å². The van der Waals surface area contributed by atoms with Crippen LogP contribution in [0.1, 0.15) is 11.1 Å². The molecule has 0 bridgehead atoms. The van der Waals surface area contributed by atoms with E-state index in [1.165, 1.54) is 10.5 Å². The molecule has 7 aromatic rings. The average molecular weight is 1040 g/mol. The Morgan fingerprint density at radius 2 is 0.648 bits per heavy atom. The van der Waals surface area contributed by atoms with Gasteiger partial charge in [-0.25, -0.2) is 92.6 Å². The van der Waals surface area contributed by atoms with Crippen LogP contribution in [-0.4, -0.2) is 18.6 Å². The summed E-state index contributed by atoms with van der Waals surface area (Å²) in [6.45, 7) is 0.202. The predicted octanol–water partition coefficient (Wildman–Crippen LogP) is 11.1.